The van der Waals surface area contributed by atoms with Crippen LogP contribution >= 0.6 is 0 Å². The van der Waals surface area contributed by atoms with Crippen molar-refractivity contribution in [3.05, 3.63) is 71.8 Å². The Balaban J connectivity index is 1.73. The van der Waals surface area contributed by atoms with Crippen LogP contribution in [0.15, 0.2) is 60.7 Å². The lowest BCUT2D eigenvalue weighted by Gasteiger charge is -2.35. The van der Waals surface area contributed by atoms with E-state index in [1.807, 2.05) is 69.3 Å². The zero-order valence-electron chi connectivity index (χ0n) is 19.0. The number of nitrogens with one attached hydrogen (secondary N) is 2. The fourth-order valence-electron chi connectivity index (χ4n) is 4.28. The lowest BCUT2D eigenvalue weighted by molar-refractivity contribution is -0.129. The summed E-state index contributed by atoms with van der Waals surface area (Å²) in [7, 11) is 0. The topological polar surface area (TPSA) is 84.5 Å². The summed E-state index contributed by atoms with van der Waals surface area (Å²) >= 11 is 0. The molecule has 2 N–H and O–H groups in total. The number of rotatable bonds is 9. The summed E-state index contributed by atoms with van der Waals surface area (Å²) in [5.41, 5.74) is 1.01. The molecule has 1 saturated heterocycles. The largest absolute Gasteiger partial charge is 0.368 e. The number of amides is 2. The van der Waals surface area contributed by atoms with Crippen LogP contribution in [-0.4, -0.2) is 42.9 Å². The number of hydrogen-bond donors (Lipinski definition) is 2. The number of ether oxygens (including phenoxy) is 1. The van der Waals surface area contributed by atoms with Gasteiger partial charge in [0.05, 0.1) is 12.0 Å². The van der Waals surface area contributed by atoms with Crippen molar-refractivity contribution in [3.8, 4) is 0 Å². The van der Waals surface area contributed by atoms with Gasteiger partial charge < -0.3 is 15.4 Å². The molecule has 6 nitrogen and oxygen atoms in total. The quantitative estimate of drug-likeness (QED) is 0.630. The maximum Gasteiger partial charge on any atom is 0.251 e. The standard InChI is InChI=1S/C26H32N2O4/c1-4-21-23(20(29)17-32-21)28-25(31)22(18-11-7-5-8-12-18)26(2,3)15-16-27-24(30)19-13-9-6-10-14-19/h5-14,21-23H,4,15-17H2,1-3H3,(H,27,30)(H,28,31). The first-order valence-corrected chi connectivity index (χ1v) is 11.2. The van der Waals surface area contributed by atoms with Gasteiger partial charge in [-0.05, 0) is 36.0 Å². The summed E-state index contributed by atoms with van der Waals surface area (Å²) in [6.07, 6.45) is 0.947. The van der Waals surface area contributed by atoms with Crippen LogP contribution in [0, 0.1) is 5.41 Å². The van der Waals surface area contributed by atoms with Crippen LogP contribution < -0.4 is 10.6 Å². The van der Waals surface area contributed by atoms with Crippen LogP contribution in [0.5, 0.6) is 0 Å². The van der Waals surface area contributed by atoms with Crippen molar-refractivity contribution in [3.63, 3.8) is 0 Å². The van der Waals surface area contributed by atoms with Gasteiger partial charge >= 0.3 is 0 Å². The second-order valence-electron chi connectivity index (χ2n) is 8.91. The Morgan fingerprint density at radius 3 is 2.31 bits per heavy atom. The minimum Gasteiger partial charge on any atom is -0.368 e. The van der Waals surface area contributed by atoms with Gasteiger partial charge in [0, 0.05) is 12.1 Å². The van der Waals surface area contributed by atoms with Gasteiger partial charge in [0.2, 0.25) is 5.91 Å². The third-order valence-corrected chi connectivity index (χ3v) is 6.13. The predicted molar refractivity (Wildman–Crippen MR) is 123 cm³/mol. The summed E-state index contributed by atoms with van der Waals surface area (Å²) in [6, 6.07) is 18.0. The third kappa shape index (κ3) is 5.62. The Labute approximate surface area is 189 Å². The van der Waals surface area contributed by atoms with Crippen molar-refractivity contribution in [2.45, 2.75) is 51.7 Å². The first kappa shape index (κ1) is 23.7. The van der Waals surface area contributed by atoms with Gasteiger partial charge in [-0.2, -0.15) is 0 Å². The Hall–Kier alpha value is -2.99. The zero-order chi connectivity index (χ0) is 23.1. The molecule has 32 heavy (non-hydrogen) atoms. The van der Waals surface area contributed by atoms with Crippen molar-refractivity contribution < 1.29 is 19.1 Å². The summed E-state index contributed by atoms with van der Waals surface area (Å²) in [6.45, 7) is 6.44. The minimum atomic E-state index is -0.618. The summed E-state index contributed by atoms with van der Waals surface area (Å²) in [4.78, 5) is 38.1. The number of benzene rings is 2. The van der Waals surface area contributed by atoms with Crippen molar-refractivity contribution >= 4 is 17.6 Å². The van der Waals surface area contributed by atoms with Crippen molar-refractivity contribution in [1.29, 1.82) is 0 Å². The monoisotopic (exact) mass is 436 g/mol. The lowest BCUT2D eigenvalue weighted by atomic mass is 9.72. The van der Waals surface area contributed by atoms with E-state index in [1.165, 1.54) is 0 Å². The van der Waals surface area contributed by atoms with Gasteiger partial charge in [0.1, 0.15) is 12.6 Å². The van der Waals surface area contributed by atoms with E-state index < -0.39 is 17.4 Å². The summed E-state index contributed by atoms with van der Waals surface area (Å²) in [5, 5.41) is 5.91. The van der Waals surface area contributed by atoms with Crippen molar-refractivity contribution in [1.82, 2.24) is 10.6 Å². The van der Waals surface area contributed by atoms with Gasteiger partial charge in [-0.25, -0.2) is 0 Å². The molecule has 6 heteroatoms. The second kappa shape index (κ2) is 10.6. The van der Waals surface area contributed by atoms with E-state index in [9.17, 15) is 14.4 Å². The molecule has 0 bridgehead atoms. The van der Waals surface area contributed by atoms with Crippen molar-refractivity contribution in [2.24, 2.45) is 5.41 Å². The third-order valence-electron chi connectivity index (χ3n) is 6.13. The maximum atomic E-state index is 13.5. The van der Waals surface area contributed by atoms with Gasteiger partial charge in [0.15, 0.2) is 5.78 Å². The molecule has 0 radical (unpaired) electrons. The number of hydrogen-bond acceptors (Lipinski definition) is 4. The molecule has 1 aliphatic heterocycles. The Morgan fingerprint density at radius 1 is 1.06 bits per heavy atom. The molecule has 0 aromatic heterocycles. The average molecular weight is 437 g/mol. The van der Waals surface area contributed by atoms with Crippen LogP contribution in [0.25, 0.3) is 0 Å². The first-order chi connectivity index (χ1) is 15.3. The normalized spacial score (nSPS) is 19.4. The van der Waals surface area contributed by atoms with Gasteiger partial charge in [-0.1, -0.05) is 69.3 Å². The molecule has 0 saturated carbocycles. The SMILES string of the molecule is CCC1OCC(=O)C1NC(=O)C(c1ccccc1)C(C)(C)CCNC(=O)c1ccccc1. The molecule has 3 unspecified atom stereocenters. The Morgan fingerprint density at radius 2 is 1.69 bits per heavy atom. The minimum absolute atomic E-state index is 0.0361. The number of ketones is 1. The van der Waals surface area contributed by atoms with E-state index in [2.05, 4.69) is 10.6 Å². The van der Waals surface area contributed by atoms with E-state index in [4.69, 9.17) is 4.74 Å². The molecule has 0 aliphatic carbocycles. The van der Waals surface area contributed by atoms with E-state index in [0.717, 1.165) is 5.56 Å². The molecular formula is C26H32N2O4. The Bertz CT molecular complexity index is 927. The number of carbonyl (C=O) groups excluding carboxylic acids is 3. The molecule has 2 aromatic rings. The van der Waals surface area contributed by atoms with Crippen LogP contribution in [-0.2, 0) is 14.3 Å². The van der Waals surface area contributed by atoms with E-state index in [-0.39, 0.29) is 30.3 Å². The fraction of sp³-hybridized carbons (Fsp3) is 0.423. The van der Waals surface area contributed by atoms with Crippen LogP contribution in [0.3, 0.4) is 0 Å². The van der Waals surface area contributed by atoms with Gasteiger partial charge in [-0.15, -0.1) is 0 Å². The highest BCUT2D eigenvalue weighted by molar-refractivity contribution is 5.94. The first-order valence-electron chi connectivity index (χ1n) is 11.2. The molecular weight excluding hydrogens is 404 g/mol. The average Bonchev–Trinajstić information content (AvgIpc) is 3.14. The number of carbonyl (C=O) groups is 3. The van der Waals surface area contributed by atoms with E-state index in [0.29, 0.717) is 24.9 Å². The van der Waals surface area contributed by atoms with Gasteiger partial charge in [-0.3, -0.25) is 14.4 Å². The molecule has 3 rings (SSSR count). The molecule has 170 valence electrons. The highest BCUT2D eigenvalue weighted by Gasteiger charge is 2.41. The predicted octanol–water partition coefficient (Wildman–Crippen LogP) is 3.48. The lowest BCUT2D eigenvalue weighted by Crippen LogP contribution is -2.49. The summed E-state index contributed by atoms with van der Waals surface area (Å²) < 4.78 is 5.52. The van der Waals surface area contributed by atoms with E-state index >= 15 is 0 Å². The molecule has 2 aromatic carbocycles. The fourth-order valence-corrected chi connectivity index (χ4v) is 4.28. The van der Waals surface area contributed by atoms with Gasteiger partial charge in [0.25, 0.3) is 5.91 Å². The number of Topliss-reactive ketones (excluding diaryl/α,β-unsaturated/α-hetero) is 1. The van der Waals surface area contributed by atoms with Crippen LogP contribution in [0.2, 0.25) is 0 Å². The highest BCUT2D eigenvalue weighted by atomic mass is 16.5. The van der Waals surface area contributed by atoms with Crippen molar-refractivity contribution in [2.75, 3.05) is 13.2 Å². The zero-order valence-corrected chi connectivity index (χ0v) is 19.0. The molecule has 1 aliphatic rings. The molecule has 0 spiro atoms. The highest BCUT2D eigenvalue weighted by Crippen LogP contribution is 2.39. The van der Waals surface area contributed by atoms with Crippen LogP contribution in [0.4, 0.5) is 0 Å². The molecule has 1 fully saturated rings. The molecule has 2 amide bonds. The summed E-state index contributed by atoms with van der Waals surface area (Å²) in [5.74, 6) is -0.910. The van der Waals surface area contributed by atoms with Crippen LogP contribution in [0.1, 0.15) is 55.5 Å². The van der Waals surface area contributed by atoms with E-state index in [1.54, 1.807) is 12.1 Å². The smallest absolute Gasteiger partial charge is 0.251 e. The maximum absolute atomic E-state index is 13.5. The molecule has 1 heterocycles. The molecule has 3 atom stereocenters. The second-order valence-corrected chi connectivity index (χ2v) is 8.91. The Kier molecular flexibility index (Phi) is 7.80.